The van der Waals surface area contributed by atoms with Gasteiger partial charge in [-0.05, 0) is 33.5 Å². The second-order valence-corrected chi connectivity index (χ2v) is 7.31. The second kappa shape index (κ2) is 7.87. The highest BCUT2D eigenvalue weighted by molar-refractivity contribution is 5.97. The van der Waals surface area contributed by atoms with Crippen LogP contribution in [0.1, 0.15) is 21.5 Å². The molecule has 0 saturated carbocycles. The number of tetrazole rings is 1. The molecule has 2 heterocycles. The lowest BCUT2D eigenvalue weighted by molar-refractivity contribution is 0.0697. The molecule has 0 unspecified atom stereocenters. The predicted octanol–water partition coefficient (Wildman–Crippen LogP) is 4.27. The Morgan fingerprint density at radius 1 is 1.00 bits per heavy atom. The largest absolute Gasteiger partial charge is 0.478 e. The Labute approximate surface area is 178 Å². The molecule has 31 heavy (non-hydrogen) atoms. The number of nitrogens with one attached hydrogen (secondary N) is 1. The van der Waals surface area contributed by atoms with E-state index < -0.39 is 5.97 Å². The number of para-hydroxylation sites is 1. The van der Waals surface area contributed by atoms with Crippen molar-refractivity contribution in [3.05, 3.63) is 89.5 Å². The quantitative estimate of drug-likeness (QED) is 0.511. The molecule has 0 amide bonds. The van der Waals surface area contributed by atoms with Crippen LogP contribution in [0.15, 0.2) is 72.8 Å². The van der Waals surface area contributed by atoms with E-state index in [1.165, 1.54) is 0 Å². The Morgan fingerprint density at radius 3 is 2.55 bits per heavy atom. The van der Waals surface area contributed by atoms with Crippen LogP contribution in [0.5, 0.6) is 0 Å². The van der Waals surface area contributed by atoms with Gasteiger partial charge in [0.15, 0.2) is 0 Å². The average Bonchev–Trinajstić information content (AvgIpc) is 3.34. The van der Waals surface area contributed by atoms with Gasteiger partial charge in [-0.1, -0.05) is 72.8 Å². The topological polar surface area (TPSA) is 95.0 Å². The maximum absolute atomic E-state index is 11.7. The van der Waals surface area contributed by atoms with Crippen molar-refractivity contribution in [3.8, 4) is 22.5 Å². The van der Waals surface area contributed by atoms with E-state index in [2.05, 4.69) is 55.9 Å². The number of hydrogen-bond acceptors (Lipinski definition) is 5. The fourth-order valence-corrected chi connectivity index (χ4v) is 3.98. The molecule has 0 bridgehead atoms. The number of nitrogens with zero attached hydrogens (tertiary/aromatic N) is 4. The zero-order valence-corrected chi connectivity index (χ0v) is 16.6. The van der Waals surface area contributed by atoms with Gasteiger partial charge < -0.3 is 10.0 Å². The molecule has 1 aliphatic rings. The fraction of sp³-hybridized carbons (Fsp3) is 0.0833. The van der Waals surface area contributed by atoms with E-state index in [1.54, 1.807) is 12.1 Å². The van der Waals surface area contributed by atoms with Crippen molar-refractivity contribution in [2.75, 3.05) is 11.4 Å². The number of fused-ring (bicyclic) bond motifs is 1. The molecule has 7 nitrogen and oxygen atoms in total. The van der Waals surface area contributed by atoms with Gasteiger partial charge in [0.2, 0.25) is 5.82 Å². The van der Waals surface area contributed by atoms with Gasteiger partial charge >= 0.3 is 5.97 Å². The first-order valence-electron chi connectivity index (χ1n) is 9.90. The normalized spacial score (nSPS) is 12.6. The first kappa shape index (κ1) is 18.7. The van der Waals surface area contributed by atoms with E-state index in [1.807, 2.05) is 36.4 Å². The Kier molecular flexibility index (Phi) is 4.76. The van der Waals surface area contributed by atoms with Gasteiger partial charge in [0.25, 0.3) is 0 Å². The molecule has 0 radical (unpaired) electrons. The first-order valence-corrected chi connectivity index (χ1v) is 9.90. The number of aromatic nitrogens is 4. The van der Waals surface area contributed by atoms with Crippen LogP contribution in [0.3, 0.4) is 0 Å². The van der Waals surface area contributed by atoms with E-state index in [0.29, 0.717) is 24.5 Å². The summed E-state index contributed by atoms with van der Waals surface area (Å²) in [6.07, 6.45) is 4.04. The predicted molar refractivity (Wildman–Crippen MR) is 119 cm³/mol. The zero-order valence-electron chi connectivity index (χ0n) is 16.6. The summed E-state index contributed by atoms with van der Waals surface area (Å²) in [4.78, 5) is 13.8. The SMILES string of the molecule is O=C(O)c1cccc2c1N(Cc1ccc(-c3ccccc3-c3nn[nH]n3)cc1)CC=C2. The van der Waals surface area contributed by atoms with E-state index in [9.17, 15) is 9.90 Å². The monoisotopic (exact) mass is 409 g/mol. The molecule has 7 heteroatoms. The molecule has 0 atom stereocenters. The van der Waals surface area contributed by atoms with Crippen LogP contribution in [-0.2, 0) is 6.54 Å². The number of H-pyrrole nitrogens is 1. The summed E-state index contributed by atoms with van der Waals surface area (Å²) < 4.78 is 0. The van der Waals surface area contributed by atoms with Gasteiger partial charge in [-0.2, -0.15) is 5.21 Å². The highest BCUT2D eigenvalue weighted by atomic mass is 16.4. The molecule has 0 spiro atoms. The van der Waals surface area contributed by atoms with Crippen LogP contribution < -0.4 is 4.90 Å². The molecule has 0 aliphatic carbocycles. The molecule has 0 fully saturated rings. The van der Waals surface area contributed by atoms with Crippen molar-refractivity contribution in [2.24, 2.45) is 0 Å². The minimum absolute atomic E-state index is 0.326. The summed E-state index contributed by atoms with van der Waals surface area (Å²) in [6, 6.07) is 21.6. The summed E-state index contributed by atoms with van der Waals surface area (Å²) >= 11 is 0. The summed E-state index contributed by atoms with van der Waals surface area (Å²) in [5, 5.41) is 24.0. The zero-order chi connectivity index (χ0) is 21.2. The maximum Gasteiger partial charge on any atom is 0.337 e. The lowest BCUT2D eigenvalue weighted by Crippen LogP contribution is -2.27. The molecular formula is C24H19N5O2. The van der Waals surface area contributed by atoms with Gasteiger partial charge in [-0.15, -0.1) is 10.2 Å². The van der Waals surface area contributed by atoms with Gasteiger partial charge in [0.1, 0.15) is 0 Å². The van der Waals surface area contributed by atoms with Gasteiger partial charge in [0, 0.05) is 18.7 Å². The Hall–Kier alpha value is -4.26. The third kappa shape index (κ3) is 3.57. The maximum atomic E-state index is 11.7. The van der Waals surface area contributed by atoms with E-state index in [-0.39, 0.29) is 0 Å². The van der Waals surface area contributed by atoms with Crippen LogP contribution in [0.2, 0.25) is 0 Å². The average molecular weight is 409 g/mol. The number of aromatic amines is 1. The molecule has 152 valence electrons. The van der Waals surface area contributed by atoms with Crippen molar-refractivity contribution in [1.29, 1.82) is 0 Å². The number of benzene rings is 3. The number of hydrogen-bond donors (Lipinski definition) is 2. The van der Waals surface area contributed by atoms with Crippen LogP contribution in [0.25, 0.3) is 28.6 Å². The Balaban J connectivity index is 1.44. The molecule has 1 aromatic heterocycles. The van der Waals surface area contributed by atoms with E-state index >= 15 is 0 Å². The number of carboxylic acid groups (broad SMARTS) is 1. The van der Waals surface area contributed by atoms with Crippen molar-refractivity contribution < 1.29 is 9.90 Å². The van der Waals surface area contributed by atoms with Crippen molar-refractivity contribution in [3.63, 3.8) is 0 Å². The third-order valence-electron chi connectivity index (χ3n) is 5.39. The molecular weight excluding hydrogens is 390 g/mol. The van der Waals surface area contributed by atoms with E-state index in [4.69, 9.17) is 0 Å². The lowest BCUT2D eigenvalue weighted by atomic mass is 9.97. The standard InChI is InChI=1S/C24H19N5O2/c30-24(31)21-9-3-5-18-6-4-14-29(22(18)21)15-16-10-12-17(13-11-16)19-7-1-2-8-20(19)23-25-27-28-26-23/h1-13H,14-15H2,(H,30,31)(H,25,26,27,28). The Morgan fingerprint density at radius 2 is 1.81 bits per heavy atom. The van der Waals surface area contributed by atoms with Crippen molar-refractivity contribution in [1.82, 2.24) is 20.6 Å². The number of anilines is 1. The third-order valence-corrected chi connectivity index (χ3v) is 5.39. The number of carboxylic acids is 1. The minimum Gasteiger partial charge on any atom is -0.478 e. The summed E-state index contributed by atoms with van der Waals surface area (Å²) in [5.41, 5.74) is 6.10. The van der Waals surface area contributed by atoms with E-state index in [0.717, 1.165) is 33.5 Å². The summed E-state index contributed by atoms with van der Waals surface area (Å²) in [7, 11) is 0. The highest BCUT2D eigenvalue weighted by Crippen LogP contribution is 2.33. The number of rotatable bonds is 5. The van der Waals surface area contributed by atoms with Crippen LogP contribution in [0, 0.1) is 0 Å². The molecule has 3 aromatic carbocycles. The highest BCUT2D eigenvalue weighted by Gasteiger charge is 2.21. The van der Waals surface area contributed by atoms with Crippen LogP contribution >= 0.6 is 0 Å². The molecule has 1 aliphatic heterocycles. The molecule has 5 rings (SSSR count). The Bertz CT molecular complexity index is 1260. The van der Waals surface area contributed by atoms with Gasteiger partial charge in [0.05, 0.1) is 11.3 Å². The minimum atomic E-state index is -0.912. The smallest absolute Gasteiger partial charge is 0.337 e. The van der Waals surface area contributed by atoms with Crippen molar-refractivity contribution >= 4 is 17.7 Å². The second-order valence-electron chi connectivity index (χ2n) is 7.31. The molecule has 2 N–H and O–H groups in total. The molecule has 0 saturated heterocycles. The van der Waals surface area contributed by atoms with Crippen LogP contribution in [0.4, 0.5) is 5.69 Å². The number of aromatic carboxylic acids is 1. The summed E-state index contributed by atoms with van der Waals surface area (Å²) in [5.74, 6) is -0.358. The summed E-state index contributed by atoms with van der Waals surface area (Å²) in [6.45, 7) is 1.29. The van der Waals surface area contributed by atoms with Gasteiger partial charge in [-0.25, -0.2) is 4.79 Å². The number of carbonyl (C=O) groups is 1. The first-order chi connectivity index (χ1) is 15.2. The van der Waals surface area contributed by atoms with Gasteiger partial charge in [-0.3, -0.25) is 0 Å². The van der Waals surface area contributed by atoms with Crippen LogP contribution in [-0.4, -0.2) is 38.2 Å². The fourth-order valence-electron chi connectivity index (χ4n) is 3.98. The van der Waals surface area contributed by atoms with Crippen molar-refractivity contribution in [2.45, 2.75) is 6.54 Å². The lowest BCUT2D eigenvalue weighted by Gasteiger charge is -2.29. The molecule has 4 aromatic rings.